The van der Waals surface area contributed by atoms with Crippen molar-refractivity contribution in [2.75, 3.05) is 35.0 Å². The van der Waals surface area contributed by atoms with E-state index >= 15 is 0 Å². The number of amides is 1. The lowest BCUT2D eigenvalue weighted by Gasteiger charge is -2.36. The van der Waals surface area contributed by atoms with Crippen molar-refractivity contribution in [2.45, 2.75) is 19.4 Å². The number of ether oxygens (including phenoxy) is 4. The van der Waals surface area contributed by atoms with Crippen LogP contribution in [-0.4, -0.2) is 45.8 Å². The van der Waals surface area contributed by atoms with Crippen LogP contribution in [0.3, 0.4) is 0 Å². The fraction of sp³-hybridized carbons (Fsp3) is 0.381. The molecule has 0 radical (unpaired) electrons. The average molecular weight is 371 g/mol. The Bertz CT molecular complexity index is 826. The predicted molar refractivity (Wildman–Crippen MR) is 102 cm³/mol. The van der Waals surface area contributed by atoms with Crippen LogP contribution in [0.5, 0.6) is 23.0 Å². The summed E-state index contributed by atoms with van der Waals surface area (Å²) >= 11 is 0. The maximum absolute atomic E-state index is 13.4. The molecule has 2 aromatic rings. The Morgan fingerprint density at radius 1 is 0.926 bits per heavy atom. The summed E-state index contributed by atoms with van der Waals surface area (Å²) in [5.41, 5.74) is 2.66. The van der Waals surface area contributed by atoms with Gasteiger partial charge in [-0.1, -0.05) is 6.07 Å². The second-order valence-corrected chi connectivity index (χ2v) is 6.37. The van der Waals surface area contributed by atoms with E-state index in [1.54, 1.807) is 46.6 Å². The molecular weight excluding hydrogens is 346 g/mol. The van der Waals surface area contributed by atoms with Gasteiger partial charge >= 0.3 is 0 Å². The van der Waals surface area contributed by atoms with Gasteiger partial charge in [0, 0.05) is 6.54 Å². The van der Waals surface area contributed by atoms with Crippen LogP contribution >= 0.6 is 0 Å². The van der Waals surface area contributed by atoms with Crippen molar-refractivity contribution >= 4 is 5.91 Å². The first-order valence-corrected chi connectivity index (χ1v) is 8.82. The number of carbonyl (C=O) groups excluding carboxylic acids is 1. The van der Waals surface area contributed by atoms with Gasteiger partial charge in [-0.3, -0.25) is 4.79 Å². The van der Waals surface area contributed by atoms with Crippen molar-refractivity contribution in [1.29, 1.82) is 0 Å². The van der Waals surface area contributed by atoms with E-state index in [-0.39, 0.29) is 11.9 Å². The Kier molecular flexibility index (Phi) is 5.44. The third kappa shape index (κ3) is 3.27. The molecule has 0 fully saturated rings. The molecule has 3 rings (SSSR count). The minimum Gasteiger partial charge on any atom is -0.496 e. The second-order valence-electron chi connectivity index (χ2n) is 6.37. The van der Waals surface area contributed by atoms with E-state index < -0.39 is 0 Å². The van der Waals surface area contributed by atoms with Crippen molar-refractivity contribution in [3.8, 4) is 23.0 Å². The highest BCUT2D eigenvalue weighted by atomic mass is 16.5. The van der Waals surface area contributed by atoms with Crippen molar-refractivity contribution in [3.63, 3.8) is 0 Å². The number of carbonyl (C=O) groups is 1. The second kappa shape index (κ2) is 7.78. The quantitative estimate of drug-likeness (QED) is 0.805. The predicted octanol–water partition coefficient (Wildman–Crippen LogP) is 3.48. The molecule has 27 heavy (non-hydrogen) atoms. The van der Waals surface area contributed by atoms with Gasteiger partial charge in [0.25, 0.3) is 5.91 Å². The molecule has 0 N–H and O–H groups in total. The zero-order valence-electron chi connectivity index (χ0n) is 16.4. The highest BCUT2D eigenvalue weighted by Gasteiger charge is 2.32. The zero-order chi connectivity index (χ0) is 19.6. The summed E-state index contributed by atoms with van der Waals surface area (Å²) < 4.78 is 21.7. The molecule has 0 aromatic heterocycles. The molecule has 2 aromatic carbocycles. The minimum absolute atomic E-state index is 0.114. The lowest BCUT2D eigenvalue weighted by atomic mass is 9.92. The van der Waals surface area contributed by atoms with Crippen LogP contribution in [0.15, 0.2) is 30.3 Å². The van der Waals surface area contributed by atoms with Gasteiger partial charge in [-0.25, -0.2) is 0 Å². The van der Waals surface area contributed by atoms with Crippen molar-refractivity contribution in [3.05, 3.63) is 47.0 Å². The Labute approximate surface area is 159 Å². The first-order valence-electron chi connectivity index (χ1n) is 8.82. The number of nitrogens with zero attached hydrogens (tertiary/aromatic N) is 1. The molecule has 0 saturated carbocycles. The van der Waals surface area contributed by atoms with Crippen LogP contribution in [0.2, 0.25) is 0 Å². The number of fused-ring (bicyclic) bond motifs is 1. The Morgan fingerprint density at radius 3 is 2.04 bits per heavy atom. The van der Waals surface area contributed by atoms with E-state index in [0.29, 0.717) is 35.1 Å². The van der Waals surface area contributed by atoms with E-state index in [0.717, 1.165) is 17.5 Å². The molecule has 1 amide bonds. The molecule has 0 saturated heterocycles. The van der Waals surface area contributed by atoms with Gasteiger partial charge < -0.3 is 23.8 Å². The van der Waals surface area contributed by atoms with Crippen molar-refractivity contribution in [2.24, 2.45) is 0 Å². The molecule has 1 aliphatic rings. The van der Waals surface area contributed by atoms with Crippen LogP contribution in [0.25, 0.3) is 0 Å². The van der Waals surface area contributed by atoms with Gasteiger partial charge in [0.15, 0.2) is 11.5 Å². The van der Waals surface area contributed by atoms with E-state index in [9.17, 15) is 4.79 Å². The summed E-state index contributed by atoms with van der Waals surface area (Å²) in [4.78, 5) is 15.2. The lowest BCUT2D eigenvalue weighted by Crippen LogP contribution is -2.39. The molecule has 1 atom stereocenters. The number of rotatable bonds is 5. The lowest BCUT2D eigenvalue weighted by molar-refractivity contribution is 0.0670. The molecule has 6 heteroatoms. The summed E-state index contributed by atoms with van der Waals surface area (Å²) in [7, 11) is 6.34. The Hall–Kier alpha value is -2.89. The minimum atomic E-state index is -0.115. The van der Waals surface area contributed by atoms with Gasteiger partial charge in [-0.05, 0) is 48.7 Å². The van der Waals surface area contributed by atoms with E-state index in [1.165, 1.54) is 0 Å². The monoisotopic (exact) mass is 371 g/mol. The van der Waals surface area contributed by atoms with E-state index in [1.807, 2.05) is 24.0 Å². The largest absolute Gasteiger partial charge is 0.496 e. The maximum Gasteiger partial charge on any atom is 0.261 e. The van der Waals surface area contributed by atoms with Gasteiger partial charge in [0.2, 0.25) is 0 Å². The topological polar surface area (TPSA) is 57.2 Å². The van der Waals surface area contributed by atoms with Crippen molar-refractivity contribution < 1.29 is 23.7 Å². The molecule has 144 valence electrons. The average Bonchev–Trinajstić information content (AvgIpc) is 2.71. The van der Waals surface area contributed by atoms with Crippen LogP contribution in [-0.2, 0) is 6.42 Å². The summed E-state index contributed by atoms with van der Waals surface area (Å²) in [6.45, 7) is 2.62. The Balaban J connectivity index is 2.00. The molecule has 0 spiro atoms. The molecule has 0 unspecified atom stereocenters. The fourth-order valence-corrected chi connectivity index (χ4v) is 3.63. The van der Waals surface area contributed by atoms with Crippen LogP contribution < -0.4 is 18.9 Å². The highest BCUT2D eigenvalue weighted by molar-refractivity contribution is 6.00. The molecule has 0 bridgehead atoms. The van der Waals surface area contributed by atoms with Crippen molar-refractivity contribution in [1.82, 2.24) is 4.90 Å². The molecular formula is C21H25NO5. The number of methoxy groups -OCH3 is 4. The summed E-state index contributed by atoms with van der Waals surface area (Å²) in [5.74, 6) is 2.26. The molecule has 1 heterocycles. The van der Waals surface area contributed by atoms with Crippen LogP contribution in [0.4, 0.5) is 0 Å². The summed E-state index contributed by atoms with van der Waals surface area (Å²) in [6.07, 6.45) is 0.739. The molecule has 0 aliphatic carbocycles. The van der Waals surface area contributed by atoms with Crippen LogP contribution in [0.1, 0.15) is 34.5 Å². The van der Waals surface area contributed by atoms with Gasteiger partial charge in [0.1, 0.15) is 17.1 Å². The molecule has 1 aliphatic heterocycles. The zero-order valence-corrected chi connectivity index (χ0v) is 16.4. The highest BCUT2D eigenvalue weighted by Crippen LogP contribution is 2.39. The SMILES string of the molecule is COc1cc2c(cc1OC)[C@@H](C)N(C(=O)c1c(OC)cccc1OC)CC2. The third-order valence-corrected chi connectivity index (χ3v) is 5.09. The number of hydrogen-bond donors (Lipinski definition) is 0. The van der Waals surface area contributed by atoms with Gasteiger partial charge in [0.05, 0.1) is 34.5 Å². The standard InChI is InChI=1S/C21H25NO5/c1-13-15-12-19(27-5)18(26-4)11-14(15)9-10-22(13)21(23)20-16(24-2)7-6-8-17(20)25-3/h6-8,11-13H,9-10H2,1-5H3/t13-/m1/s1. The third-order valence-electron chi connectivity index (χ3n) is 5.09. The fourth-order valence-electron chi connectivity index (χ4n) is 3.63. The smallest absolute Gasteiger partial charge is 0.261 e. The number of hydrogen-bond acceptors (Lipinski definition) is 5. The van der Waals surface area contributed by atoms with E-state index in [4.69, 9.17) is 18.9 Å². The molecule has 6 nitrogen and oxygen atoms in total. The normalized spacial score (nSPS) is 15.7. The van der Waals surface area contributed by atoms with Crippen LogP contribution in [0, 0.1) is 0 Å². The van der Waals surface area contributed by atoms with Gasteiger partial charge in [-0.2, -0.15) is 0 Å². The van der Waals surface area contributed by atoms with E-state index in [2.05, 4.69) is 0 Å². The summed E-state index contributed by atoms with van der Waals surface area (Å²) in [6, 6.07) is 9.18. The first-order chi connectivity index (χ1) is 13.0. The first kappa shape index (κ1) is 18.9. The maximum atomic E-state index is 13.4. The Morgan fingerprint density at radius 2 is 1.48 bits per heavy atom. The summed E-state index contributed by atoms with van der Waals surface area (Å²) in [5, 5.41) is 0. The number of benzene rings is 2. The van der Waals surface area contributed by atoms with Gasteiger partial charge in [-0.15, -0.1) is 0 Å².